The molecule has 0 fully saturated rings. The molecule has 0 N–H and O–H groups in total. The second-order valence-corrected chi connectivity index (χ2v) is 4.47. The van der Waals surface area contributed by atoms with Crippen molar-refractivity contribution in [3.8, 4) is 0 Å². The lowest BCUT2D eigenvalue weighted by atomic mass is 9.90. The zero-order valence-corrected chi connectivity index (χ0v) is 10.2. The fourth-order valence-electron chi connectivity index (χ4n) is 2.33. The minimum atomic E-state index is 1.13. The summed E-state index contributed by atoms with van der Waals surface area (Å²) in [5.41, 5.74) is 5.34. The van der Waals surface area contributed by atoms with E-state index in [0.717, 1.165) is 12.8 Å². The summed E-state index contributed by atoms with van der Waals surface area (Å²) in [7, 11) is 0. The van der Waals surface area contributed by atoms with Gasteiger partial charge in [-0.3, -0.25) is 4.98 Å². The molecule has 0 spiro atoms. The molecule has 88 valence electrons. The number of hydrogen-bond donors (Lipinski definition) is 0. The first-order chi connectivity index (χ1) is 8.93. The van der Waals surface area contributed by atoms with Gasteiger partial charge in [0.2, 0.25) is 0 Å². The second kappa shape index (κ2) is 5.01. The first-order valence-electron chi connectivity index (χ1n) is 6.30. The highest BCUT2D eigenvalue weighted by Gasteiger charge is 2.08. The molecule has 1 heterocycles. The van der Waals surface area contributed by atoms with Crippen molar-refractivity contribution in [2.75, 3.05) is 0 Å². The van der Waals surface area contributed by atoms with Crippen LogP contribution in [0.4, 0.5) is 0 Å². The second-order valence-electron chi connectivity index (χ2n) is 4.47. The Morgan fingerprint density at radius 3 is 2.67 bits per heavy atom. The Bertz CT molecular complexity index is 594. The molecule has 0 saturated heterocycles. The summed E-state index contributed by atoms with van der Waals surface area (Å²) >= 11 is 0. The van der Waals surface area contributed by atoms with Crippen molar-refractivity contribution in [2.24, 2.45) is 0 Å². The van der Waals surface area contributed by atoms with Crippen LogP contribution in [-0.2, 0) is 6.42 Å². The number of aromatic nitrogens is 1. The van der Waals surface area contributed by atoms with Crippen molar-refractivity contribution in [2.45, 2.75) is 12.8 Å². The molecular weight excluding hydrogens is 218 g/mol. The van der Waals surface area contributed by atoms with E-state index in [2.05, 4.69) is 47.5 Å². The van der Waals surface area contributed by atoms with Gasteiger partial charge in [0.1, 0.15) is 0 Å². The molecule has 0 amide bonds. The van der Waals surface area contributed by atoms with E-state index in [4.69, 9.17) is 0 Å². The average Bonchev–Trinajstić information content (AvgIpc) is 2.46. The Kier molecular flexibility index (Phi) is 3.05. The number of hydrogen-bond acceptors (Lipinski definition) is 1. The first-order valence-corrected chi connectivity index (χ1v) is 6.30. The predicted molar refractivity (Wildman–Crippen MR) is 76.0 cm³/mol. The van der Waals surface area contributed by atoms with Gasteiger partial charge in [-0.1, -0.05) is 42.5 Å². The molecule has 18 heavy (non-hydrogen) atoms. The number of aryl methyl sites for hydroxylation is 1. The molecule has 1 heteroatoms. The molecule has 0 saturated carbocycles. The van der Waals surface area contributed by atoms with Gasteiger partial charge in [0, 0.05) is 12.4 Å². The van der Waals surface area contributed by atoms with Gasteiger partial charge >= 0.3 is 0 Å². The largest absolute Gasteiger partial charge is 0.265 e. The summed E-state index contributed by atoms with van der Waals surface area (Å²) in [5.74, 6) is 0. The predicted octanol–water partition coefficient (Wildman–Crippen LogP) is 4.12. The van der Waals surface area contributed by atoms with Crippen molar-refractivity contribution >= 4 is 11.6 Å². The smallest absolute Gasteiger partial charge is 0.0273 e. The van der Waals surface area contributed by atoms with Crippen LogP contribution in [0.3, 0.4) is 0 Å². The summed E-state index contributed by atoms with van der Waals surface area (Å²) in [6.45, 7) is 0. The first kappa shape index (κ1) is 11.0. The van der Waals surface area contributed by atoms with Gasteiger partial charge in [-0.15, -0.1) is 0 Å². The number of pyridine rings is 1. The minimum absolute atomic E-state index is 1.13. The number of nitrogens with zero attached hydrogens (tertiary/aromatic N) is 1. The maximum Gasteiger partial charge on any atom is 0.0273 e. The highest BCUT2D eigenvalue weighted by Crippen LogP contribution is 2.27. The van der Waals surface area contributed by atoms with Crippen molar-refractivity contribution in [1.29, 1.82) is 0 Å². The highest BCUT2D eigenvalue weighted by molar-refractivity contribution is 5.81. The van der Waals surface area contributed by atoms with Crippen LogP contribution in [0.15, 0.2) is 60.9 Å². The van der Waals surface area contributed by atoms with Gasteiger partial charge in [0.25, 0.3) is 0 Å². The summed E-state index contributed by atoms with van der Waals surface area (Å²) in [6.07, 6.45) is 12.6. The van der Waals surface area contributed by atoms with Crippen LogP contribution >= 0.6 is 0 Å². The van der Waals surface area contributed by atoms with Crippen molar-refractivity contribution in [1.82, 2.24) is 4.98 Å². The van der Waals surface area contributed by atoms with E-state index in [1.54, 1.807) is 0 Å². The van der Waals surface area contributed by atoms with Crippen LogP contribution in [-0.4, -0.2) is 4.98 Å². The van der Waals surface area contributed by atoms with Gasteiger partial charge in [-0.05, 0) is 47.2 Å². The maximum absolute atomic E-state index is 4.03. The Labute approximate surface area is 108 Å². The average molecular weight is 233 g/mol. The molecule has 1 aromatic carbocycles. The lowest BCUT2D eigenvalue weighted by Gasteiger charge is -2.14. The van der Waals surface area contributed by atoms with E-state index in [0.29, 0.717) is 0 Å². The van der Waals surface area contributed by atoms with Crippen molar-refractivity contribution in [3.63, 3.8) is 0 Å². The molecule has 0 aliphatic heterocycles. The van der Waals surface area contributed by atoms with Gasteiger partial charge in [-0.25, -0.2) is 0 Å². The maximum atomic E-state index is 4.03. The molecule has 2 aromatic rings. The Morgan fingerprint density at radius 1 is 0.944 bits per heavy atom. The zero-order chi connectivity index (χ0) is 12.2. The quantitative estimate of drug-likeness (QED) is 0.760. The fourth-order valence-corrected chi connectivity index (χ4v) is 2.33. The van der Waals surface area contributed by atoms with Gasteiger partial charge in [0.15, 0.2) is 0 Å². The molecule has 0 radical (unpaired) electrons. The van der Waals surface area contributed by atoms with Gasteiger partial charge in [0.05, 0.1) is 0 Å². The summed E-state index contributed by atoms with van der Waals surface area (Å²) < 4.78 is 0. The third-order valence-corrected chi connectivity index (χ3v) is 3.27. The van der Waals surface area contributed by atoms with Crippen LogP contribution in [0.2, 0.25) is 0 Å². The normalized spacial score (nSPS) is 14.3. The molecule has 1 aliphatic rings. The van der Waals surface area contributed by atoms with Gasteiger partial charge in [-0.2, -0.15) is 0 Å². The summed E-state index contributed by atoms with van der Waals surface area (Å²) in [4.78, 5) is 4.03. The lowest BCUT2D eigenvalue weighted by Crippen LogP contribution is -1.97. The Balaban J connectivity index is 1.90. The molecule has 1 nitrogen and oxygen atoms in total. The molecule has 1 aromatic heterocycles. The number of fused-ring (bicyclic) bond motifs is 1. The summed E-state index contributed by atoms with van der Waals surface area (Å²) in [5, 5.41) is 0. The van der Waals surface area contributed by atoms with E-state index in [9.17, 15) is 0 Å². The lowest BCUT2D eigenvalue weighted by molar-refractivity contribution is 0.980. The van der Waals surface area contributed by atoms with Crippen LogP contribution in [0.1, 0.15) is 23.1 Å². The van der Waals surface area contributed by atoms with E-state index in [1.807, 2.05) is 24.5 Å². The van der Waals surface area contributed by atoms with Crippen LogP contribution in [0.25, 0.3) is 11.6 Å². The summed E-state index contributed by atoms with van der Waals surface area (Å²) in [6, 6.07) is 12.7. The number of benzene rings is 1. The van der Waals surface area contributed by atoms with E-state index in [-0.39, 0.29) is 0 Å². The Morgan fingerprint density at radius 2 is 1.78 bits per heavy atom. The van der Waals surface area contributed by atoms with Gasteiger partial charge < -0.3 is 0 Å². The van der Waals surface area contributed by atoms with E-state index >= 15 is 0 Å². The highest BCUT2D eigenvalue weighted by atomic mass is 14.6. The zero-order valence-electron chi connectivity index (χ0n) is 10.2. The van der Waals surface area contributed by atoms with E-state index < -0.39 is 0 Å². The number of rotatable bonds is 2. The monoisotopic (exact) mass is 233 g/mol. The van der Waals surface area contributed by atoms with Crippen molar-refractivity contribution < 1.29 is 0 Å². The SMILES string of the molecule is C1=C(/C=C/c2ccncc2)c2ccccc2CC1. The minimum Gasteiger partial charge on any atom is -0.265 e. The fraction of sp³-hybridized carbons (Fsp3) is 0.118. The number of allylic oxidation sites excluding steroid dienone is 3. The molecular formula is C17H15N. The molecule has 3 rings (SSSR count). The third kappa shape index (κ3) is 2.25. The third-order valence-electron chi connectivity index (χ3n) is 3.27. The topological polar surface area (TPSA) is 12.9 Å². The molecule has 0 bridgehead atoms. The van der Waals surface area contributed by atoms with Crippen LogP contribution in [0, 0.1) is 0 Å². The van der Waals surface area contributed by atoms with E-state index in [1.165, 1.54) is 22.3 Å². The van der Waals surface area contributed by atoms with Crippen LogP contribution < -0.4 is 0 Å². The molecule has 0 unspecified atom stereocenters. The molecule has 0 atom stereocenters. The molecule has 1 aliphatic carbocycles. The van der Waals surface area contributed by atoms with Crippen LogP contribution in [0.5, 0.6) is 0 Å². The van der Waals surface area contributed by atoms with Crippen molar-refractivity contribution in [3.05, 3.63) is 77.6 Å². The Hall–Kier alpha value is -2.15. The standard InChI is InChI=1S/C17H15N/c1-2-7-17-15(4-1)5-3-6-16(17)9-8-14-10-12-18-13-11-14/h1-2,4,6-13H,3,5H2/b9-8+.